The average Bonchev–Trinajstić information content (AvgIpc) is 3.01. The summed E-state index contributed by atoms with van der Waals surface area (Å²) in [6.45, 7) is 0.268. The number of ether oxygens (including phenoxy) is 1. The average molecular weight is 291 g/mol. The number of fused-ring (bicyclic) bond motifs is 1. The van der Waals surface area contributed by atoms with E-state index < -0.39 is 5.41 Å². The van der Waals surface area contributed by atoms with Crippen LogP contribution in [0.2, 0.25) is 0 Å². The summed E-state index contributed by atoms with van der Waals surface area (Å²) in [4.78, 5) is 0. The lowest BCUT2D eigenvalue weighted by Crippen LogP contribution is -2.34. The van der Waals surface area contributed by atoms with Gasteiger partial charge < -0.3 is 14.9 Å². The number of rotatable bonds is 4. The summed E-state index contributed by atoms with van der Waals surface area (Å²) in [6.07, 6.45) is 5.85. The Bertz CT molecular complexity index is 830. The number of methoxy groups -OCH3 is 1. The number of nitrogens with two attached hydrogens (primary N) is 1. The molecule has 0 radical (unpaired) electrons. The highest BCUT2D eigenvalue weighted by molar-refractivity contribution is 5.80. The van der Waals surface area contributed by atoms with Gasteiger partial charge in [-0.25, -0.2) is 0 Å². The number of terminal acetylenes is 1. The quantitative estimate of drug-likeness (QED) is 0.750. The maximum atomic E-state index is 6.03. The molecule has 0 aliphatic heterocycles. The highest BCUT2D eigenvalue weighted by Gasteiger charge is 2.34. The van der Waals surface area contributed by atoms with Crippen LogP contribution >= 0.6 is 0 Å². The SMILES string of the molecule is C#CC(CN)(c1ccccc1)c1cc2cc(OC)ccc2o1. The molecule has 0 saturated carbocycles. The third-order valence-electron chi connectivity index (χ3n) is 3.96. The Morgan fingerprint density at radius 2 is 1.95 bits per heavy atom. The second kappa shape index (κ2) is 5.59. The van der Waals surface area contributed by atoms with Crippen LogP contribution in [0.1, 0.15) is 11.3 Å². The van der Waals surface area contributed by atoms with E-state index in [0.717, 1.165) is 22.3 Å². The highest BCUT2D eigenvalue weighted by Crippen LogP contribution is 2.35. The Balaban J connectivity index is 2.19. The maximum absolute atomic E-state index is 6.03. The predicted octanol–water partition coefficient (Wildman–Crippen LogP) is 3.32. The van der Waals surface area contributed by atoms with Gasteiger partial charge in [-0.2, -0.15) is 0 Å². The molecular weight excluding hydrogens is 274 g/mol. The van der Waals surface area contributed by atoms with E-state index >= 15 is 0 Å². The smallest absolute Gasteiger partial charge is 0.134 e. The molecule has 2 N–H and O–H groups in total. The molecule has 0 saturated heterocycles. The number of hydrogen-bond acceptors (Lipinski definition) is 3. The van der Waals surface area contributed by atoms with Gasteiger partial charge in [0.05, 0.1) is 7.11 Å². The molecule has 0 bridgehead atoms. The molecule has 0 aliphatic rings. The van der Waals surface area contributed by atoms with Gasteiger partial charge in [-0.1, -0.05) is 36.3 Å². The lowest BCUT2D eigenvalue weighted by atomic mass is 9.79. The van der Waals surface area contributed by atoms with Gasteiger partial charge >= 0.3 is 0 Å². The van der Waals surface area contributed by atoms with Gasteiger partial charge in [0, 0.05) is 11.9 Å². The van der Waals surface area contributed by atoms with Crippen molar-refractivity contribution in [1.29, 1.82) is 0 Å². The molecule has 1 unspecified atom stereocenters. The molecule has 2 aromatic carbocycles. The highest BCUT2D eigenvalue weighted by atomic mass is 16.5. The third kappa shape index (κ3) is 2.14. The zero-order valence-corrected chi connectivity index (χ0v) is 12.4. The van der Waals surface area contributed by atoms with Crippen LogP contribution in [0.15, 0.2) is 59.0 Å². The third-order valence-corrected chi connectivity index (χ3v) is 3.96. The van der Waals surface area contributed by atoms with Crippen molar-refractivity contribution in [3.8, 4) is 18.1 Å². The normalized spacial score (nSPS) is 13.5. The molecule has 0 amide bonds. The summed E-state index contributed by atoms with van der Waals surface area (Å²) in [5.41, 5.74) is 6.98. The molecule has 110 valence electrons. The zero-order valence-electron chi connectivity index (χ0n) is 12.4. The minimum atomic E-state index is -0.770. The first kappa shape index (κ1) is 14.2. The number of furan rings is 1. The van der Waals surface area contributed by atoms with Crippen molar-refractivity contribution in [2.45, 2.75) is 5.41 Å². The van der Waals surface area contributed by atoms with Crippen molar-refractivity contribution in [2.24, 2.45) is 5.73 Å². The van der Waals surface area contributed by atoms with Gasteiger partial charge in [0.2, 0.25) is 0 Å². The van der Waals surface area contributed by atoms with E-state index in [0.29, 0.717) is 5.76 Å². The number of hydrogen-bond donors (Lipinski definition) is 1. The lowest BCUT2D eigenvalue weighted by molar-refractivity contribution is 0.415. The molecule has 3 aromatic rings. The first-order chi connectivity index (χ1) is 10.7. The maximum Gasteiger partial charge on any atom is 0.134 e. The van der Waals surface area contributed by atoms with Gasteiger partial charge in [0.1, 0.15) is 22.5 Å². The summed E-state index contributed by atoms with van der Waals surface area (Å²) in [7, 11) is 1.64. The summed E-state index contributed by atoms with van der Waals surface area (Å²) < 4.78 is 11.2. The van der Waals surface area contributed by atoms with Crippen molar-refractivity contribution in [2.75, 3.05) is 13.7 Å². The second-order valence-electron chi connectivity index (χ2n) is 5.13. The van der Waals surface area contributed by atoms with Crippen LogP contribution in [0.3, 0.4) is 0 Å². The molecule has 0 aliphatic carbocycles. The van der Waals surface area contributed by atoms with Crippen LogP contribution in [0.25, 0.3) is 11.0 Å². The molecule has 3 nitrogen and oxygen atoms in total. The molecule has 1 aromatic heterocycles. The Kier molecular flexibility index (Phi) is 3.62. The van der Waals surface area contributed by atoms with Gasteiger partial charge in [0.15, 0.2) is 0 Å². The van der Waals surface area contributed by atoms with Crippen LogP contribution in [0.4, 0.5) is 0 Å². The minimum absolute atomic E-state index is 0.268. The Morgan fingerprint density at radius 3 is 2.59 bits per heavy atom. The van der Waals surface area contributed by atoms with E-state index in [-0.39, 0.29) is 6.54 Å². The van der Waals surface area contributed by atoms with Crippen molar-refractivity contribution in [3.05, 3.63) is 65.9 Å². The fourth-order valence-electron chi connectivity index (χ4n) is 2.66. The Morgan fingerprint density at radius 1 is 1.18 bits per heavy atom. The van der Waals surface area contributed by atoms with E-state index in [1.54, 1.807) is 7.11 Å². The fraction of sp³-hybridized carbons (Fsp3) is 0.158. The molecule has 3 rings (SSSR count). The largest absolute Gasteiger partial charge is 0.497 e. The standard InChI is InChI=1S/C19H17NO2/c1-3-19(13-20,15-7-5-4-6-8-15)18-12-14-11-16(21-2)9-10-17(14)22-18/h1,4-12H,13,20H2,2H3. The molecule has 0 spiro atoms. The van der Waals surface area contributed by atoms with Crippen LogP contribution in [0.5, 0.6) is 5.75 Å². The van der Waals surface area contributed by atoms with Gasteiger partial charge in [-0.3, -0.25) is 0 Å². The second-order valence-corrected chi connectivity index (χ2v) is 5.13. The zero-order chi connectivity index (χ0) is 15.6. The van der Waals surface area contributed by atoms with Crippen molar-refractivity contribution in [1.82, 2.24) is 0 Å². The van der Waals surface area contributed by atoms with Gasteiger partial charge in [-0.15, -0.1) is 6.42 Å². The van der Waals surface area contributed by atoms with Gasteiger partial charge in [0.25, 0.3) is 0 Å². The first-order valence-electron chi connectivity index (χ1n) is 7.05. The van der Waals surface area contributed by atoms with Crippen molar-refractivity contribution >= 4 is 11.0 Å². The van der Waals surface area contributed by atoms with Crippen LogP contribution in [-0.2, 0) is 5.41 Å². The van der Waals surface area contributed by atoms with E-state index in [2.05, 4.69) is 5.92 Å². The molecule has 22 heavy (non-hydrogen) atoms. The summed E-state index contributed by atoms with van der Waals surface area (Å²) in [5, 5.41) is 0.943. The molecule has 1 heterocycles. The molecular formula is C19H17NO2. The molecule has 1 atom stereocenters. The topological polar surface area (TPSA) is 48.4 Å². The van der Waals surface area contributed by atoms with E-state index in [9.17, 15) is 0 Å². The summed E-state index contributed by atoms with van der Waals surface area (Å²) in [6, 6.07) is 17.4. The van der Waals surface area contributed by atoms with E-state index in [1.807, 2.05) is 54.6 Å². The predicted molar refractivity (Wildman–Crippen MR) is 87.9 cm³/mol. The van der Waals surface area contributed by atoms with Crippen molar-refractivity contribution < 1.29 is 9.15 Å². The van der Waals surface area contributed by atoms with Crippen LogP contribution in [-0.4, -0.2) is 13.7 Å². The minimum Gasteiger partial charge on any atom is -0.497 e. The monoisotopic (exact) mass is 291 g/mol. The van der Waals surface area contributed by atoms with Gasteiger partial charge in [-0.05, 0) is 29.8 Å². The summed E-state index contributed by atoms with van der Waals surface area (Å²) in [5.74, 6) is 4.29. The van der Waals surface area contributed by atoms with Crippen LogP contribution in [0, 0.1) is 12.3 Å². The lowest BCUT2D eigenvalue weighted by Gasteiger charge is -2.25. The molecule has 3 heteroatoms. The van der Waals surface area contributed by atoms with Crippen molar-refractivity contribution in [3.63, 3.8) is 0 Å². The Hall–Kier alpha value is -2.70. The summed E-state index contributed by atoms with van der Waals surface area (Å²) >= 11 is 0. The van der Waals surface area contributed by atoms with E-state index in [1.165, 1.54) is 0 Å². The first-order valence-corrected chi connectivity index (χ1v) is 7.05. The van der Waals surface area contributed by atoms with E-state index in [4.69, 9.17) is 21.3 Å². The van der Waals surface area contributed by atoms with Crippen LogP contribution < -0.4 is 10.5 Å². The number of benzene rings is 2. The fourth-order valence-corrected chi connectivity index (χ4v) is 2.66. The molecule has 0 fully saturated rings. The Labute approximate surface area is 129 Å².